The van der Waals surface area contributed by atoms with Crippen LogP contribution in [0.4, 0.5) is 0 Å². The molecule has 1 saturated heterocycles. The number of rotatable bonds is 21. The minimum absolute atomic E-state index is 0.276. The molecule has 0 aromatic rings. The predicted molar refractivity (Wildman–Crippen MR) is 127 cm³/mol. The fourth-order valence-corrected chi connectivity index (χ4v) is 4.14. The molecule has 1 aliphatic heterocycles. The van der Waals surface area contributed by atoms with E-state index in [4.69, 9.17) is 14.6 Å². The van der Waals surface area contributed by atoms with Gasteiger partial charge in [0.05, 0.1) is 13.2 Å². The Morgan fingerprint density at radius 3 is 1.90 bits per heavy atom. The third-order valence-corrected chi connectivity index (χ3v) is 6.22. The zero-order chi connectivity index (χ0) is 22.6. The summed E-state index contributed by atoms with van der Waals surface area (Å²) in [6, 6.07) is 0. The third kappa shape index (κ3) is 14.3. The number of allylic oxidation sites excluding steroid dienone is 2. The number of ether oxygens (including phenoxy) is 2. The molecule has 0 unspecified atom stereocenters. The maximum Gasteiger partial charge on any atom is 0.114 e. The lowest BCUT2D eigenvalue weighted by Gasteiger charge is -2.20. The lowest BCUT2D eigenvalue weighted by atomic mass is 10.1. The molecular formula is C26H50O5. The molecule has 0 amide bonds. The van der Waals surface area contributed by atoms with E-state index in [1.54, 1.807) is 0 Å². The van der Waals surface area contributed by atoms with Crippen molar-refractivity contribution in [3.63, 3.8) is 0 Å². The maximum absolute atomic E-state index is 10.1. The standard InChI is InChI=1S/C26H50O5/c1-2-3-4-5-6-7-8-9-10-11-12-13-14-15-16-17-18-19-20-30-24-22-31-26(25(24)29)23(28)21-27/h7-8,23-29H,2-6,9-22H2,1H3/b8-7+/t23-,24+,25-,26-/m0/s1. The van der Waals surface area contributed by atoms with Crippen molar-refractivity contribution in [2.75, 3.05) is 19.8 Å². The van der Waals surface area contributed by atoms with E-state index < -0.39 is 31.0 Å². The maximum atomic E-state index is 10.1. The topological polar surface area (TPSA) is 79.2 Å². The van der Waals surface area contributed by atoms with E-state index in [0.29, 0.717) is 6.61 Å². The summed E-state index contributed by atoms with van der Waals surface area (Å²) in [6.07, 6.45) is 22.4. The Balaban J connectivity index is 1.79. The molecule has 1 fully saturated rings. The summed E-state index contributed by atoms with van der Waals surface area (Å²) in [4.78, 5) is 0. The minimum Gasteiger partial charge on any atom is -0.394 e. The van der Waals surface area contributed by atoms with Gasteiger partial charge in [0.25, 0.3) is 0 Å². The molecule has 1 rings (SSSR count). The van der Waals surface area contributed by atoms with E-state index in [1.165, 1.54) is 89.9 Å². The van der Waals surface area contributed by atoms with Gasteiger partial charge in [-0.3, -0.25) is 0 Å². The van der Waals surface area contributed by atoms with Crippen molar-refractivity contribution in [3.05, 3.63) is 12.2 Å². The molecule has 0 aromatic heterocycles. The first-order valence-electron chi connectivity index (χ1n) is 13.1. The van der Waals surface area contributed by atoms with Crippen LogP contribution in [0.3, 0.4) is 0 Å². The molecule has 0 saturated carbocycles. The molecule has 0 radical (unpaired) electrons. The molecule has 0 spiro atoms. The van der Waals surface area contributed by atoms with Crippen molar-refractivity contribution in [2.24, 2.45) is 0 Å². The molecule has 31 heavy (non-hydrogen) atoms. The number of hydrogen-bond donors (Lipinski definition) is 3. The van der Waals surface area contributed by atoms with Gasteiger partial charge in [0, 0.05) is 6.61 Å². The second-order valence-electron chi connectivity index (χ2n) is 9.09. The van der Waals surface area contributed by atoms with E-state index >= 15 is 0 Å². The molecular weight excluding hydrogens is 392 g/mol. The Kier molecular flexibility index (Phi) is 18.6. The highest BCUT2D eigenvalue weighted by molar-refractivity contribution is 4.88. The summed E-state index contributed by atoms with van der Waals surface area (Å²) in [6.45, 7) is 2.74. The van der Waals surface area contributed by atoms with E-state index in [9.17, 15) is 10.2 Å². The largest absolute Gasteiger partial charge is 0.394 e. The van der Waals surface area contributed by atoms with E-state index in [-0.39, 0.29) is 6.61 Å². The highest BCUT2D eigenvalue weighted by Crippen LogP contribution is 2.20. The van der Waals surface area contributed by atoms with Gasteiger partial charge in [0.15, 0.2) is 0 Å². The monoisotopic (exact) mass is 442 g/mol. The first kappa shape index (κ1) is 28.6. The lowest BCUT2D eigenvalue weighted by molar-refractivity contribution is -0.0730. The van der Waals surface area contributed by atoms with Crippen molar-refractivity contribution in [1.82, 2.24) is 0 Å². The summed E-state index contributed by atoms with van der Waals surface area (Å²) < 4.78 is 11.0. The fraction of sp³-hybridized carbons (Fsp3) is 0.923. The Labute approximate surface area is 191 Å². The highest BCUT2D eigenvalue weighted by atomic mass is 16.6. The number of hydrogen-bond acceptors (Lipinski definition) is 5. The molecule has 1 heterocycles. The molecule has 184 valence electrons. The van der Waals surface area contributed by atoms with Gasteiger partial charge in [-0.1, -0.05) is 89.7 Å². The quantitative estimate of drug-likeness (QED) is 0.166. The smallest absolute Gasteiger partial charge is 0.114 e. The summed E-state index contributed by atoms with van der Waals surface area (Å²) >= 11 is 0. The van der Waals surface area contributed by atoms with Gasteiger partial charge in [0.1, 0.15) is 24.4 Å². The SMILES string of the molecule is CCCCCC/C=C/CCCCCCCCCCCCO[C@@H]1CO[C@@H]([C@@H](O)CO)[C@H]1O. The predicted octanol–water partition coefficient (Wildman–Crippen LogP) is 5.30. The van der Waals surface area contributed by atoms with Crippen molar-refractivity contribution in [1.29, 1.82) is 0 Å². The fourth-order valence-electron chi connectivity index (χ4n) is 4.14. The van der Waals surface area contributed by atoms with E-state index in [0.717, 1.165) is 12.8 Å². The summed E-state index contributed by atoms with van der Waals surface area (Å²) in [5, 5.41) is 28.6. The van der Waals surface area contributed by atoms with Gasteiger partial charge < -0.3 is 24.8 Å². The van der Waals surface area contributed by atoms with Crippen LogP contribution in [-0.2, 0) is 9.47 Å². The van der Waals surface area contributed by atoms with Crippen LogP contribution >= 0.6 is 0 Å². The van der Waals surface area contributed by atoms with Crippen molar-refractivity contribution < 1.29 is 24.8 Å². The van der Waals surface area contributed by atoms with Gasteiger partial charge in [-0.15, -0.1) is 0 Å². The Bertz CT molecular complexity index is 415. The zero-order valence-corrected chi connectivity index (χ0v) is 20.1. The average Bonchev–Trinajstić information content (AvgIpc) is 3.15. The molecule has 0 aliphatic carbocycles. The van der Waals surface area contributed by atoms with Gasteiger partial charge in [-0.2, -0.15) is 0 Å². The molecule has 0 aromatic carbocycles. The second kappa shape index (κ2) is 20.2. The lowest BCUT2D eigenvalue weighted by Crippen LogP contribution is -2.41. The molecule has 4 atom stereocenters. The van der Waals surface area contributed by atoms with Crippen LogP contribution in [0.5, 0.6) is 0 Å². The van der Waals surface area contributed by atoms with Crippen LogP contribution in [0.25, 0.3) is 0 Å². The molecule has 0 bridgehead atoms. The molecule has 1 aliphatic rings. The Morgan fingerprint density at radius 2 is 1.35 bits per heavy atom. The van der Waals surface area contributed by atoms with Crippen LogP contribution in [0, 0.1) is 0 Å². The second-order valence-corrected chi connectivity index (χ2v) is 9.09. The minimum atomic E-state index is -1.05. The number of unbranched alkanes of at least 4 members (excludes halogenated alkanes) is 14. The summed E-state index contributed by atoms with van der Waals surface area (Å²) in [7, 11) is 0. The normalized spacial score (nSPS) is 22.5. The number of aliphatic hydroxyl groups is 3. The third-order valence-electron chi connectivity index (χ3n) is 6.22. The molecule has 5 nitrogen and oxygen atoms in total. The van der Waals surface area contributed by atoms with Crippen molar-refractivity contribution >= 4 is 0 Å². The molecule has 3 N–H and O–H groups in total. The number of aliphatic hydroxyl groups excluding tert-OH is 3. The first-order valence-corrected chi connectivity index (χ1v) is 13.1. The Morgan fingerprint density at radius 1 is 0.839 bits per heavy atom. The van der Waals surface area contributed by atoms with Gasteiger partial charge in [0.2, 0.25) is 0 Å². The molecule has 5 heteroatoms. The van der Waals surface area contributed by atoms with Gasteiger partial charge in [-0.25, -0.2) is 0 Å². The van der Waals surface area contributed by atoms with Crippen LogP contribution in [-0.4, -0.2) is 59.6 Å². The summed E-state index contributed by atoms with van der Waals surface area (Å²) in [5.74, 6) is 0. The van der Waals surface area contributed by atoms with E-state index in [1.807, 2.05) is 0 Å². The van der Waals surface area contributed by atoms with Crippen molar-refractivity contribution in [2.45, 2.75) is 134 Å². The first-order chi connectivity index (χ1) is 15.2. The van der Waals surface area contributed by atoms with Crippen LogP contribution < -0.4 is 0 Å². The average molecular weight is 443 g/mol. The van der Waals surface area contributed by atoms with Gasteiger partial charge >= 0.3 is 0 Å². The highest BCUT2D eigenvalue weighted by Gasteiger charge is 2.40. The van der Waals surface area contributed by atoms with Crippen LogP contribution in [0.2, 0.25) is 0 Å². The van der Waals surface area contributed by atoms with Gasteiger partial charge in [-0.05, 0) is 32.1 Å². The Hall–Kier alpha value is -0.460. The van der Waals surface area contributed by atoms with Crippen molar-refractivity contribution in [3.8, 4) is 0 Å². The zero-order valence-electron chi connectivity index (χ0n) is 20.1. The van der Waals surface area contributed by atoms with Crippen LogP contribution in [0.1, 0.15) is 110 Å². The summed E-state index contributed by atoms with van der Waals surface area (Å²) in [5.41, 5.74) is 0. The van der Waals surface area contributed by atoms with E-state index in [2.05, 4.69) is 19.1 Å². The van der Waals surface area contributed by atoms with Crippen LogP contribution in [0.15, 0.2) is 12.2 Å².